The number of hydrogen-bond donors (Lipinski definition) is 0. The molecule has 176 valence electrons. The van der Waals surface area contributed by atoms with Crippen LogP contribution in [0.1, 0.15) is 42.6 Å². The van der Waals surface area contributed by atoms with Gasteiger partial charge in [-0.25, -0.2) is 0 Å². The summed E-state index contributed by atoms with van der Waals surface area (Å²) in [6.45, 7) is 4.46. The van der Waals surface area contributed by atoms with Gasteiger partial charge in [0.05, 0.1) is 29.5 Å². The normalized spacial score (nSPS) is 11.8. The number of esters is 1. The summed E-state index contributed by atoms with van der Waals surface area (Å²) < 4.78 is 13.4. The zero-order chi connectivity index (χ0) is 24.1. The number of aryl methyl sites for hydroxylation is 1. The van der Waals surface area contributed by atoms with Crippen LogP contribution in [0.2, 0.25) is 0 Å². The SMILES string of the molecule is CCCCc1ccc2c(c1)sc(=NC(=O)c1c(OCC)ccc3ccccc13)n2CC(=O)OC. The standard InChI is InChI=1S/C27H28N2O4S/c1-4-6-9-18-12-14-21-23(16-18)34-27(29(21)17-24(30)32-3)28-26(31)25-20-11-8-7-10-19(20)13-15-22(25)33-5-2/h7-8,10-16H,4-6,9,17H2,1-3H3. The van der Waals surface area contributed by atoms with E-state index in [-0.39, 0.29) is 6.54 Å². The minimum Gasteiger partial charge on any atom is -0.493 e. The number of carbonyl (C=O) groups excluding carboxylic acids is 2. The molecule has 0 spiro atoms. The number of nitrogens with zero attached hydrogens (tertiary/aromatic N) is 2. The highest BCUT2D eigenvalue weighted by molar-refractivity contribution is 7.16. The molecule has 1 heterocycles. The van der Waals surface area contributed by atoms with Crippen molar-refractivity contribution in [3.63, 3.8) is 0 Å². The Balaban J connectivity index is 1.88. The predicted octanol–water partition coefficient (Wildman–Crippen LogP) is 5.51. The van der Waals surface area contributed by atoms with Crippen molar-refractivity contribution in [3.8, 4) is 5.75 Å². The fraction of sp³-hybridized carbons (Fsp3) is 0.296. The van der Waals surface area contributed by atoms with E-state index >= 15 is 0 Å². The number of carbonyl (C=O) groups is 2. The van der Waals surface area contributed by atoms with Crippen LogP contribution in [0.4, 0.5) is 0 Å². The third-order valence-corrected chi connectivity index (χ3v) is 6.72. The Hall–Kier alpha value is -3.45. The molecule has 0 radical (unpaired) electrons. The van der Waals surface area contributed by atoms with Crippen molar-refractivity contribution in [2.75, 3.05) is 13.7 Å². The monoisotopic (exact) mass is 476 g/mol. The maximum absolute atomic E-state index is 13.5. The van der Waals surface area contributed by atoms with E-state index in [9.17, 15) is 9.59 Å². The number of unbranched alkanes of at least 4 members (excludes halogenated alkanes) is 1. The Morgan fingerprint density at radius 3 is 2.65 bits per heavy atom. The zero-order valence-electron chi connectivity index (χ0n) is 19.7. The lowest BCUT2D eigenvalue weighted by atomic mass is 10.0. The molecule has 0 atom stereocenters. The lowest BCUT2D eigenvalue weighted by Crippen LogP contribution is -2.22. The van der Waals surface area contributed by atoms with Crippen LogP contribution in [0.15, 0.2) is 59.6 Å². The number of amides is 1. The zero-order valence-corrected chi connectivity index (χ0v) is 20.5. The Labute approximate surface area is 202 Å². The lowest BCUT2D eigenvalue weighted by molar-refractivity contribution is -0.141. The number of thiazole rings is 1. The second-order valence-corrected chi connectivity index (χ2v) is 8.97. The Morgan fingerprint density at radius 2 is 1.88 bits per heavy atom. The van der Waals surface area contributed by atoms with Crippen molar-refractivity contribution < 1.29 is 19.1 Å². The first-order chi connectivity index (χ1) is 16.5. The second kappa shape index (κ2) is 10.7. The topological polar surface area (TPSA) is 69.9 Å². The molecule has 4 aromatic rings. The van der Waals surface area contributed by atoms with Gasteiger partial charge in [-0.05, 0) is 54.3 Å². The van der Waals surface area contributed by atoms with Crippen LogP contribution in [-0.2, 0) is 22.5 Å². The van der Waals surface area contributed by atoms with E-state index < -0.39 is 11.9 Å². The van der Waals surface area contributed by atoms with Gasteiger partial charge in [-0.2, -0.15) is 4.99 Å². The van der Waals surface area contributed by atoms with Crippen molar-refractivity contribution in [1.82, 2.24) is 4.57 Å². The minimum absolute atomic E-state index is 0.0230. The van der Waals surface area contributed by atoms with Crippen molar-refractivity contribution in [3.05, 3.63) is 70.5 Å². The van der Waals surface area contributed by atoms with E-state index in [0.29, 0.717) is 22.7 Å². The average Bonchev–Trinajstić information content (AvgIpc) is 3.18. The third kappa shape index (κ3) is 4.89. The summed E-state index contributed by atoms with van der Waals surface area (Å²) in [5.41, 5.74) is 2.50. The van der Waals surface area contributed by atoms with E-state index in [1.165, 1.54) is 24.0 Å². The van der Waals surface area contributed by atoms with Crippen LogP contribution >= 0.6 is 11.3 Å². The second-order valence-electron chi connectivity index (χ2n) is 7.96. The largest absolute Gasteiger partial charge is 0.493 e. The van der Waals surface area contributed by atoms with Crippen molar-refractivity contribution >= 4 is 44.2 Å². The lowest BCUT2D eigenvalue weighted by Gasteiger charge is -2.10. The molecule has 3 aromatic carbocycles. The molecule has 1 amide bonds. The number of hydrogen-bond acceptors (Lipinski definition) is 5. The molecule has 34 heavy (non-hydrogen) atoms. The highest BCUT2D eigenvalue weighted by Gasteiger charge is 2.18. The third-order valence-electron chi connectivity index (χ3n) is 5.68. The summed E-state index contributed by atoms with van der Waals surface area (Å²) in [5, 5.41) is 1.72. The van der Waals surface area contributed by atoms with Gasteiger partial charge in [0.2, 0.25) is 0 Å². The fourth-order valence-electron chi connectivity index (χ4n) is 3.98. The molecule has 0 aliphatic rings. The maximum Gasteiger partial charge on any atom is 0.325 e. The summed E-state index contributed by atoms with van der Waals surface area (Å²) in [5.74, 6) is -0.308. The number of ether oxygens (including phenoxy) is 2. The molecule has 0 saturated heterocycles. The Bertz CT molecular complexity index is 1420. The van der Waals surface area contributed by atoms with E-state index in [2.05, 4.69) is 24.0 Å². The number of aromatic nitrogens is 1. The van der Waals surface area contributed by atoms with Gasteiger partial charge in [-0.1, -0.05) is 61.1 Å². The number of fused-ring (bicyclic) bond motifs is 2. The molecule has 7 heteroatoms. The van der Waals surface area contributed by atoms with E-state index in [1.54, 1.807) is 4.57 Å². The molecule has 0 aliphatic carbocycles. The van der Waals surface area contributed by atoms with E-state index in [1.807, 2.05) is 49.4 Å². The molecule has 0 N–H and O–H groups in total. The molecule has 0 fully saturated rings. The van der Waals surface area contributed by atoms with Crippen molar-refractivity contribution in [2.24, 2.45) is 4.99 Å². The number of rotatable bonds is 8. The summed E-state index contributed by atoms with van der Waals surface area (Å²) in [7, 11) is 1.35. The summed E-state index contributed by atoms with van der Waals surface area (Å²) in [4.78, 5) is 30.7. The molecule has 6 nitrogen and oxygen atoms in total. The van der Waals surface area contributed by atoms with Crippen LogP contribution in [0.5, 0.6) is 5.75 Å². The van der Waals surface area contributed by atoms with Crippen LogP contribution in [0, 0.1) is 0 Å². The molecule has 4 rings (SSSR count). The first-order valence-corrected chi connectivity index (χ1v) is 12.3. The minimum atomic E-state index is -0.406. The number of methoxy groups -OCH3 is 1. The average molecular weight is 477 g/mol. The molecule has 0 saturated carbocycles. The van der Waals surface area contributed by atoms with Crippen LogP contribution in [-0.4, -0.2) is 30.2 Å². The van der Waals surface area contributed by atoms with Crippen molar-refractivity contribution in [1.29, 1.82) is 0 Å². The summed E-state index contributed by atoms with van der Waals surface area (Å²) in [6.07, 6.45) is 3.21. The Kier molecular flexibility index (Phi) is 7.43. The first-order valence-electron chi connectivity index (χ1n) is 11.5. The van der Waals surface area contributed by atoms with E-state index in [0.717, 1.165) is 40.3 Å². The van der Waals surface area contributed by atoms with Gasteiger partial charge >= 0.3 is 5.97 Å². The summed E-state index contributed by atoms with van der Waals surface area (Å²) in [6, 6.07) is 17.6. The van der Waals surface area contributed by atoms with Gasteiger partial charge in [-0.15, -0.1) is 0 Å². The van der Waals surface area contributed by atoms with Crippen molar-refractivity contribution in [2.45, 2.75) is 39.7 Å². The predicted molar refractivity (Wildman–Crippen MR) is 135 cm³/mol. The van der Waals surface area contributed by atoms with Gasteiger partial charge in [0.25, 0.3) is 5.91 Å². The quantitative estimate of drug-likeness (QED) is 0.314. The van der Waals surface area contributed by atoms with Crippen LogP contribution in [0.25, 0.3) is 21.0 Å². The van der Waals surface area contributed by atoms with Crippen LogP contribution < -0.4 is 9.54 Å². The Morgan fingerprint density at radius 1 is 1.06 bits per heavy atom. The fourth-order valence-corrected chi connectivity index (χ4v) is 5.07. The molecule has 0 unspecified atom stereocenters. The highest BCUT2D eigenvalue weighted by Crippen LogP contribution is 2.29. The maximum atomic E-state index is 13.5. The summed E-state index contributed by atoms with van der Waals surface area (Å²) >= 11 is 1.40. The molecular weight excluding hydrogens is 448 g/mol. The highest BCUT2D eigenvalue weighted by atomic mass is 32.1. The van der Waals surface area contributed by atoms with E-state index in [4.69, 9.17) is 9.47 Å². The smallest absolute Gasteiger partial charge is 0.325 e. The van der Waals surface area contributed by atoms with Gasteiger partial charge in [-0.3, -0.25) is 9.59 Å². The number of benzene rings is 3. The molecule has 0 bridgehead atoms. The van der Waals surface area contributed by atoms with Gasteiger partial charge in [0, 0.05) is 0 Å². The van der Waals surface area contributed by atoms with Crippen LogP contribution in [0.3, 0.4) is 0 Å². The van der Waals surface area contributed by atoms with Gasteiger partial charge in [0.15, 0.2) is 4.80 Å². The molecule has 0 aliphatic heterocycles. The molecular formula is C27H28N2O4S. The van der Waals surface area contributed by atoms with Gasteiger partial charge in [0.1, 0.15) is 12.3 Å². The van der Waals surface area contributed by atoms with Gasteiger partial charge < -0.3 is 14.0 Å². The first kappa shape index (κ1) is 23.7. The molecule has 1 aromatic heterocycles.